The molecule has 0 radical (unpaired) electrons. The molecule has 2 aromatic heterocycles. The maximum absolute atomic E-state index is 4.48. The van der Waals surface area contributed by atoms with E-state index in [4.69, 9.17) is 0 Å². The summed E-state index contributed by atoms with van der Waals surface area (Å²) in [6.45, 7) is 7.00. The zero-order chi connectivity index (χ0) is 18.5. The molecule has 25 heavy (non-hydrogen) atoms. The molecule has 142 valence electrons. The van der Waals surface area contributed by atoms with E-state index in [0.717, 1.165) is 0 Å². The number of nitrogens with zero attached hydrogens (tertiary/aromatic N) is 4. The fraction of sp³-hybridized carbons (Fsp3) is 0.700. The molecular weight excluding hydrogens is 415 g/mol. The number of aromatic nitrogens is 4. The summed E-state index contributed by atoms with van der Waals surface area (Å²) in [5.41, 5.74) is 0. The molecule has 0 saturated heterocycles. The number of aryl methyl sites for hydroxylation is 2. The average Bonchev–Trinajstić information content (AvgIpc) is 3.27. The molecule has 0 aromatic carbocycles. The van der Waals surface area contributed by atoms with Crippen molar-refractivity contribution in [3.8, 4) is 0 Å². The Balaban J connectivity index is 0.000000435. The first kappa shape index (κ1) is 22.3. The van der Waals surface area contributed by atoms with Gasteiger partial charge in [-0.3, -0.25) is 4.68 Å². The second-order valence-corrected chi connectivity index (χ2v) is 20.2. The van der Waals surface area contributed by atoms with Crippen LogP contribution in [0.3, 0.4) is 0 Å². The summed E-state index contributed by atoms with van der Waals surface area (Å²) in [6, 6.07) is 4.23. The normalized spacial score (nSPS) is 11.2. The van der Waals surface area contributed by atoms with Gasteiger partial charge in [0, 0.05) is 19.4 Å². The largest absolute Gasteiger partial charge is 0.276 e. The summed E-state index contributed by atoms with van der Waals surface area (Å²) in [7, 11) is 4.05. The van der Waals surface area contributed by atoms with Gasteiger partial charge in [0.25, 0.3) is 0 Å². The standard InChI is InChI=1S/C4H6N2.C4H5N2.3C4H9.Sn/c2*1-6-4-2-3-5-6;3*1-3-4-2;/h2-4H,1H3;2-3H,1H3;3*1,3-4H2,2H3;. The molecule has 0 N–H and O–H groups in total. The zero-order valence-corrected chi connectivity index (χ0v) is 19.9. The summed E-state index contributed by atoms with van der Waals surface area (Å²) in [5, 5.41) is 8.31. The van der Waals surface area contributed by atoms with Crippen LogP contribution >= 0.6 is 0 Å². The predicted octanol–water partition coefficient (Wildman–Crippen LogP) is 4.90. The molecule has 2 aromatic rings. The Bertz CT molecular complexity index is 526. The number of rotatable bonds is 10. The molecule has 4 nitrogen and oxygen atoms in total. The molecule has 0 spiro atoms. The first-order valence-electron chi connectivity index (χ1n) is 10.0. The molecule has 0 aliphatic carbocycles. The Morgan fingerprint density at radius 2 is 1.40 bits per heavy atom. The minimum absolute atomic E-state index is 1.34. The number of hydrogen-bond donors (Lipinski definition) is 0. The molecule has 0 fully saturated rings. The molecule has 2 rings (SSSR count). The van der Waals surface area contributed by atoms with E-state index in [1.807, 2.05) is 25.5 Å². The topological polar surface area (TPSA) is 35.6 Å². The SMILES string of the molecule is CCC[CH2][Sn]([CH2]CCC)([CH2]CCC)[c]1ccnn1C.Cn1cccn1. The van der Waals surface area contributed by atoms with Gasteiger partial charge in [-0.2, -0.15) is 5.10 Å². The minimum atomic E-state index is -2.19. The van der Waals surface area contributed by atoms with Crippen molar-refractivity contribution in [3.63, 3.8) is 0 Å². The molecule has 0 atom stereocenters. The van der Waals surface area contributed by atoms with Crippen LogP contribution in [-0.2, 0) is 14.1 Å². The maximum atomic E-state index is 4.48. The predicted molar refractivity (Wildman–Crippen MR) is 111 cm³/mol. The Labute approximate surface area is 158 Å². The third kappa shape index (κ3) is 7.55. The van der Waals surface area contributed by atoms with Crippen LogP contribution in [0.4, 0.5) is 0 Å². The van der Waals surface area contributed by atoms with Crippen LogP contribution in [0.15, 0.2) is 30.7 Å². The van der Waals surface area contributed by atoms with Crippen LogP contribution in [0.5, 0.6) is 0 Å². The van der Waals surface area contributed by atoms with E-state index in [-0.39, 0.29) is 0 Å². The molecule has 5 heteroatoms. The molecule has 2 heterocycles. The van der Waals surface area contributed by atoms with Gasteiger partial charge in [0.05, 0.1) is 0 Å². The van der Waals surface area contributed by atoms with Crippen LogP contribution < -0.4 is 3.71 Å². The summed E-state index contributed by atoms with van der Waals surface area (Å²) >= 11 is -2.19. The van der Waals surface area contributed by atoms with Gasteiger partial charge in [-0.25, -0.2) is 0 Å². The van der Waals surface area contributed by atoms with Crippen LogP contribution in [0, 0.1) is 0 Å². The van der Waals surface area contributed by atoms with E-state index >= 15 is 0 Å². The van der Waals surface area contributed by atoms with E-state index in [9.17, 15) is 0 Å². The minimum Gasteiger partial charge on any atom is -0.276 e. The fourth-order valence-electron chi connectivity index (χ4n) is 3.54. The van der Waals surface area contributed by atoms with Gasteiger partial charge in [0.15, 0.2) is 0 Å². The molecule has 0 bridgehead atoms. The molecule has 0 aliphatic rings. The third-order valence-electron chi connectivity index (χ3n) is 5.03. The van der Waals surface area contributed by atoms with Crippen molar-refractivity contribution in [1.29, 1.82) is 0 Å². The second-order valence-electron chi connectivity index (χ2n) is 7.11. The molecule has 0 amide bonds. The Morgan fingerprint density at radius 1 is 0.840 bits per heavy atom. The van der Waals surface area contributed by atoms with E-state index in [1.54, 1.807) is 14.6 Å². The van der Waals surface area contributed by atoms with Crippen molar-refractivity contribution in [2.24, 2.45) is 14.1 Å². The molecule has 0 aliphatic heterocycles. The van der Waals surface area contributed by atoms with Gasteiger partial charge < -0.3 is 0 Å². The van der Waals surface area contributed by atoms with Gasteiger partial charge in [-0.15, -0.1) is 0 Å². The van der Waals surface area contributed by atoms with Crippen LogP contribution in [0.1, 0.15) is 59.3 Å². The average molecular weight is 453 g/mol. The molecular formula is C20H38N4Sn. The number of unbranched alkanes of at least 4 members (excludes halogenated alkanes) is 3. The van der Waals surface area contributed by atoms with Crippen molar-refractivity contribution < 1.29 is 0 Å². The van der Waals surface area contributed by atoms with Crippen LogP contribution in [-0.4, -0.2) is 37.9 Å². The molecule has 0 saturated carbocycles. The van der Waals surface area contributed by atoms with Gasteiger partial charge in [0.1, 0.15) is 0 Å². The Kier molecular flexibility index (Phi) is 11.2. The van der Waals surface area contributed by atoms with Gasteiger partial charge in [-0.1, -0.05) is 0 Å². The molecule has 0 unspecified atom stereocenters. The van der Waals surface area contributed by atoms with E-state index in [1.165, 1.54) is 51.8 Å². The quantitative estimate of drug-likeness (QED) is 0.480. The van der Waals surface area contributed by atoms with Crippen LogP contribution in [0.25, 0.3) is 0 Å². The van der Waals surface area contributed by atoms with Gasteiger partial charge in [-0.05, 0) is 6.07 Å². The van der Waals surface area contributed by atoms with Crippen molar-refractivity contribution in [2.45, 2.75) is 72.6 Å². The summed E-state index contributed by atoms with van der Waals surface area (Å²) in [5.74, 6) is 0. The first-order valence-corrected chi connectivity index (χ1v) is 17.5. The number of hydrogen-bond acceptors (Lipinski definition) is 2. The van der Waals surface area contributed by atoms with Crippen molar-refractivity contribution in [1.82, 2.24) is 19.6 Å². The van der Waals surface area contributed by atoms with Gasteiger partial charge >= 0.3 is 124 Å². The first-order chi connectivity index (χ1) is 12.1. The Morgan fingerprint density at radius 3 is 1.68 bits per heavy atom. The summed E-state index contributed by atoms with van der Waals surface area (Å²) in [4.78, 5) is 0. The van der Waals surface area contributed by atoms with E-state index in [2.05, 4.69) is 48.8 Å². The fourth-order valence-corrected chi connectivity index (χ4v) is 20.0. The summed E-state index contributed by atoms with van der Waals surface area (Å²) in [6.07, 6.45) is 14.0. The van der Waals surface area contributed by atoms with E-state index in [0.29, 0.717) is 0 Å². The monoisotopic (exact) mass is 454 g/mol. The smallest absolute Gasteiger partial charge is 0.0489 e. The van der Waals surface area contributed by atoms with Gasteiger partial charge in [0.2, 0.25) is 0 Å². The van der Waals surface area contributed by atoms with Crippen LogP contribution in [0.2, 0.25) is 13.3 Å². The summed E-state index contributed by atoms with van der Waals surface area (Å²) < 4.78 is 10.2. The van der Waals surface area contributed by atoms with E-state index < -0.39 is 18.4 Å². The zero-order valence-electron chi connectivity index (χ0n) is 17.0. The second kappa shape index (κ2) is 12.6. The third-order valence-corrected chi connectivity index (χ3v) is 20.8. The maximum Gasteiger partial charge on any atom is 0.0489 e. The van der Waals surface area contributed by atoms with Crippen molar-refractivity contribution in [3.05, 3.63) is 30.7 Å². The van der Waals surface area contributed by atoms with Crippen molar-refractivity contribution in [2.75, 3.05) is 0 Å². The van der Waals surface area contributed by atoms with Crippen molar-refractivity contribution >= 4 is 22.1 Å². The Hall–Kier alpha value is -0.781.